The van der Waals surface area contributed by atoms with Crippen LogP contribution in [0.2, 0.25) is 0 Å². The maximum absolute atomic E-state index is 3.91. The van der Waals surface area contributed by atoms with Crippen molar-refractivity contribution in [2.75, 3.05) is 0 Å². The first-order valence-electron chi connectivity index (χ1n) is 5.02. The van der Waals surface area contributed by atoms with Gasteiger partial charge in [-0.25, -0.2) is 0 Å². The Morgan fingerprint density at radius 1 is 1.21 bits per heavy atom. The lowest BCUT2D eigenvalue weighted by Gasteiger charge is -2.22. The quantitative estimate of drug-likeness (QED) is 0.620. The van der Waals surface area contributed by atoms with Crippen LogP contribution in [0, 0.1) is 0 Å². The Kier molecular flexibility index (Phi) is 1.88. The molecule has 1 aliphatic carbocycles. The van der Waals surface area contributed by atoms with E-state index in [2.05, 4.69) is 51.6 Å². The highest BCUT2D eigenvalue weighted by Crippen LogP contribution is 2.45. The zero-order valence-corrected chi connectivity index (χ0v) is 9.09. The molecule has 0 amide bonds. The third kappa shape index (κ3) is 1.00. The van der Waals surface area contributed by atoms with E-state index in [1.807, 2.05) is 6.08 Å². The Hall–Kier alpha value is -1.30. The molecule has 0 nitrogen and oxygen atoms in total. The molecule has 0 unspecified atom stereocenters. The molecule has 0 heterocycles. The molecule has 0 N–H and O–H groups in total. The average molecular weight is 184 g/mol. The highest BCUT2D eigenvalue weighted by atomic mass is 14.4. The molecular weight excluding hydrogens is 168 g/mol. The molecule has 0 fully saturated rings. The predicted molar refractivity (Wildman–Crippen MR) is 62.3 cm³/mol. The molecule has 0 saturated heterocycles. The van der Waals surface area contributed by atoms with Gasteiger partial charge in [0.25, 0.3) is 0 Å². The summed E-state index contributed by atoms with van der Waals surface area (Å²) in [6.07, 6.45) is 2.00. The van der Waals surface area contributed by atoms with Gasteiger partial charge in [0.15, 0.2) is 0 Å². The van der Waals surface area contributed by atoms with E-state index in [1.54, 1.807) is 0 Å². The third-order valence-corrected chi connectivity index (χ3v) is 3.29. The van der Waals surface area contributed by atoms with Gasteiger partial charge in [-0.15, -0.1) is 0 Å². The fraction of sp³-hybridized carbons (Fsp3) is 0.286. The Bertz CT molecular complexity index is 419. The molecular formula is C14H16. The molecule has 1 aromatic carbocycles. The van der Waals surface area contributed by atoms with Crippen LogP contribution in [0.3, 0.4) is 0 Å². The van der Waals surface area contributed by atoms with Crippen LogP contribution in [0.25, 0.3) is 5.57 Å². The van der Waals surface area contributed by atoms with Crippen LogP contribution >= 0.6 is 0 Å². The Balaban J connectivity index is 2.74. The molecule has 0 bridgehead atoms. The summed E-state index contributed by atoms with van der Waals surface area (Å²) < 4.78 is 0. The second-order valence-electron chi connectivity index (χ2n) is 4.41. The van der Waals surface area contributed by atoms with Crippen molar-refractivity contribution in [3.63, 3.8) is 0 Å². The van der Waals surface area contributed by atoms with Gasteiger partial charge in [0.05, 0.1) is 0 Å². The van der Waals surface area contributed by atoms with Crippen molar-refractivity contribution in [2.24, 2.45) is 0 Å². The average Bonchev–Trinajstić information content (AvgIpc) is 2.36. The predicted octanol–water partition coefficient (Wildman–Crippen LogP) is 3.94. The van der Waals surface area contributed by atoms with Gasteiger partial charge in [0.1, 0.15) is 0 Å². The van der Waals surface area contributed by atoms with Crippen LogP contribution in [0.1, 0.15) is 31.9 Å². The number of allylic oxidation sites excluding steroid dienone is 3. The van der Waals surface area contributed by atoms with Gasteiger partial charge in [0, 0.05) is 5.41 Å². The number of benzene rings is 1. The van der Waals surface area contributed by atoms with Crippen molar-refractivity contribution in [1.29, 1.82) is 0 Å². The van der Waals surface area contributed by atoms with Crippen LogP contribution in [-0.4, -0.2) is 0 Å². The van der Waals surface area contributed by atoms with E-state index in [1.165, 1.54) is 22.3 Å². The SMILES string of the molecule is C=CC1=C(C)c2ccccc2C1(C)C. The highest BCUT2D eigenvalue weighted by Gasteiger charge is 2.33. The molecule has 0 heteroatoms. The zero-order valence-electron chi connectivity index (χ0n) is 9.09. The Labute approximate surface area is 86.0 Å². The van der Waals surface area contributed by atoms with Crippen LogP contribution in [0.5, 0.6) is 0 Å². The van der Waals surface area contributed by atoms with E-state index in [0.29, 0.717) is 0 Å². The molecule has 1 aromatic rings. The molecule has 0 aliphatic heterocycles. The van der Waals surface area contributed by atoms with Gasteiger partial charge in [-0.1, -0.05) is 50.8 Å². The van der Waals surface area contributed by atoms with Gasteiger partial charge in [-0.2, -0.15) is 0 Å². The first-order chi connectivity index (χ1) is 6.59. The molecule has 0 radical (unpaired) electrons. The standard InChI is InChI=1S/C14H16/c1-5-12-10(2)11-8-6-7-9-13(11)14(12,3)4/h5-9H,1H2,2-4H3. The summed E-state index contributed by atoms with van der Waals surface area (Å²) in [6, 6.07) is 8.63. The summed E-state index contributed by atoms with van der Waals surface area (Å²) in [5.74, 6) is 0. The smallest absolute Gasteiger partial charge is 0.0155 e. The second kappa shape index (κ2) is 2.84. The number of fused-ring (bicyclic) bond motifs is 1. The molecule has 2 rings (SSSR count). The minimum absolute atomic E-state index is 0.127. The van der Waals surface area contributed by atoms with Gasteiger partial charge in [-0.05, 0) is 29.2 Å². The summed E-state index contributed by atoms with van der Waals surface area (Å²) >= 11 is 0. The monoisotopic (exact) mass is 184 g/mol. The zero-order chi connectivity index (χ0) is 10.3. The molecule has 14 heavy (non-hydrogen) atoms. The third-order valence-electron chi connectivity index (χ3n) is 3.29. The lowest BCUT2D eigenvalue weighted by molar-refractivity contribution is 0.654. The maximum atomic E-state index is 3.91. The highest BCUT2D eigenvalue weighted by molar-refractivity contribution is 5.80. The summed E-state index contributed by atoms with van der Waals surface area (Å²) in [5.41, 5.74) is 5.67. The maximum Gasteiger partial charge on any atom is 0.0155 e. The number of rotatable bonds is 1. The van der Waals surface area contributed by atoms with Crippen LogP contribution in [0.4, 0.5) is 0 Å². The van der Waals surface area contributed by atoms with Crippen molar-refractivity contribution in [2.45, 2.75) is 26.2 Å². The van der Waals surface area contributed by atoms with E-state index in [9.17, 15) is 0 Å². The summed E-state index contributed by atoms with van der Waals surface area (Å²) in [5, 5.41) is 0. The first-order valence-corrected chi connectivity index (χ1v) is 5.02. The topological polar surface area (TPSA) is 0 Å². The van der Waals surface area contributed by atoms with Crippen molar-refractivity contribution in [3.8, 4) is 0 Å². The van der Waals surface area contributed by atoms with Gasteiger partial charge < -0.3 is 0 Å². The fourth-order valence-electron chi connectivity index (χ4n) is 2.52. The summed E-state index contributed by atoms with van der Waals surface area (Å²) in [7, 11) is 0. The van der Waals surface area contributed by atoms with Crippen molar-refractivity contribution in [3.05, 3.63) is 53.6 Å². The van der Waals surface area contributed by atoms with Crippen LogP contribution in [-0.2, 0) is 5.41 Å². The molecule has 0 aromatic heterocycles. The normalized spacial score (nSPS) is 18.2. The van der Waals surface area contributed by atoms with E-state index in [-0.39, 0.29) is 5.41 Å². The van der Waals surface area contributed by atoms with E-state index in [0.717, 1.165) is 0 Å². The molecule has 0 atom stereocenters. The number of hydrogen-bond acceptors (Lipinski definition) is 0. The largest absolute Gasteiger partial charge is 0.0987 e. The van der Waals surface area contributed by atoms with Crippen LogP contribution < -0.4 is 0 Å². The van der Waals surface area contributed by atoms with Crippen molar-refractivity contribution >= 4 is 5.57 Å². The molecule has 0 saturated carbocycles. The van der Waals surface area contributed by atoms with Crippen molar-refractivity contribution < 1.29 is 0 Å². The number of hydrogen-bond donors (Lipinski definition) is 0. The summed E-state index contributed by atoms with van der Waals surface area (Å²) in [6.45, 7) is 10.6. The van der Waals surface area contributed by atoms with Crippen molar-refractivity contribution in [1.82, 2.24) is 0 Å². The Morgan fingerprint density at radius 3 is 2.43 bits per heavy atom. The second-order valence-corrected chi connectivity index (χ2v) is 4.41. The fourth-order valence-corrected chi connectivity index (χ4v) is 2.52. The van der Waals surface area contributed by atoms with E-state index < -0.39 is 0 Å². The van der Waals surface area contributed by atoms with Gasteiger partial charge in [-0.3, -0.25) is 0 Å². The van der Waals surface area contributed by atoms with Crippen LogP contribution in [0.15, 0.2) is 42.5 Å². The van der Waals surface area contributed by atoms with E-state index >= 15 is 0 Å². The first kappa shape index (κ1) is 9.26. The molecule has 1 aliphatic rings. The summed E-state index contributed by atoms with van der Waals surface area (Å²) in [4.78, 5) is 0. The van der Waals surface area contributed by atoms with Gasteiger partial charge >= 0.3 is 0 Å². The molecule has 0 spiro atoms. The van der Waals surface area contributed by atoms with E-state index in [4.69, 9.17) is 0 Å². The lowest BCUT2D eigenvalue weighted by Crippen LogP contribution is -2.15. The van der Waals surface area contributed by atoms with Gasteiger partial charge in [0.2, 0.25) is 0 Å². The minimum atomic E-state index is 0.127. The molecule has 72 valence electrons. The minimum Gasteiger partial charge on any atom is -0.0987 e. The Morgan fingerprint density at radius 2 is 1.86 bits per heavy atom. The lowest BCUT2D eigenvalue weighted by atomic mass is 9.81.